The van der Waals surface area contributed by atoms with Gasteiger partial charge < -0.3 is 19.3 Å². The monoisotopic (exact) mass is 666 g/mol. The number of fused-ring (bicyclic) bond motifs is 5. The van der Waals surface area contributed by atoms with Crippen molar-refractivity contribution in [3.05, 3.63) is 53.9 Å². The number of carbonyl (C=O) groups is 1. The smallest absolute Gasteiger partial charge is 0.319 e. The Bertz CT molecular complexity index is 1910. The molecule has 0 N–H and O–H groups in total. The highest BCUT2D eigenvalue weighted by Gasteiger charge is 2.50. The standard InChI is InChI=1S/C38H40F2N6O3/c1-22(39)36(47)46-15-14-44(20-25(46)10-12-41)35-30-9-8-29(27-4-2-5-28-31-16-23(31)17-32(27)28)34(49-26-6-7-26)33(30)42-37(43-35)48-21-38-11-3-13-45(38)19-24(40)18-38/h2,4-5,8-9,23-26,31H,1,3,6-7,10-11,13-21H2/t23?,24-,25+,31?,38+/m1/s1. The molecule has 3 aliphatic heterocycles. The number of halogens is 2. The molecule has 9 rings (SSSR count). The Balaban J connectivity index is 1.15. The lowest BCUT2D eigenvalue weighted by Crippen LogP contribution is -2.55. The molecule has 1 aromatic heterocycles. The van der Waals surface area contributed by atoms with Crippen LogP contribution >= 0.6 is 0 Å². The summed E-state index contributed by atoms with van der Waals surface area (Å²) in [6, 6.07) is 12.6. The van der Waals surface area contributed by atoms with Gasteiger partial charge in [0.1, 0.15) is 24.1 Å². The Morgan fingerprint density at radius 2 is 2.00 bits per heavy atom. The molecule has 0 radical (unpaired) electrons. The van der Waals surface area contributed by atoms with Crippen LogP contribution in [0, 0.1) is 17.2 Å². The van der Waals surface area contributed by atoms with Gasteiger partial charge in [0.2, 0.25) is 0 Å². The summed E-state index contributed by atoms with van der Waals surface area (Å²) < 4.78 is 41.8. The molecular formula is C38H40F2N6O3. The van der Waals surface area contributed by atoms with Crippen LogP contribution in [0.5, 0.6) is 11.8 Å². The molecule has 2 saturated carbocycles. The molecule has 2 unspecified atom stereocenters. The molecular weight excluding hydrogens is 626 g/mol. The van der Waals surface area contributed by atoms with E-state index in [1.54, 1.807) is 0 Å². The van der Waals surface area contributed by atoms with E-state index in [-0.39, 0.29) is 43.8 Å². The van der Waals surface area contributed by atoms with E-state index in [1.807, 2.05) is 11.0 Å². The Labute approximate surface area is 284 Å². The van der Waals surface area contributed by atoms with E-state index in [1.165, 1.54) is 28.0 Å². The van der Waals surface area contributed by atoms with Crippen LogP contribution in [-0.4, -0.2) is 88.9 Å². The lowest BCUT2D eigenvalue weighted by molar-refractivity contribution is -0.131. The summed E-state index contributed by atoms with van der Waals surface area (Å²) >= 11 is 0. The average Bonchev–Trinajstić information content (AvgIpc) is 3.97. The minimum absolute atomic E-state index is 0.0337. The molecule has 6 aliphatic rings. The average molecular weight is 667 g/mol. The van der Waals surface area contributed by atoms with Crippen LogP contribution in [0.1, 0.15) is 62.0 Å². The predicted octanol–water partition coefficient (Wildman–Crippen LogP) is 5.87. The van der Waals surface area contributed by atoms with Crippen molar-refractivity contribution < 1.29 is 23.0 Å². The fourth-order valence-electron chi connectivity index (χ4n) is 9.07. The van der Waals surface area contributed by atoms with Crippen LogP contribution in [-0.2, 0) is 11.2 Å². The van der Waals surface area contributed by atoms with E-state index in [2.05, 4.69) is 41.8 Å². The quantitative estimate of drug-likeness (QED) is 0.262. The minimum Gasteiger partial charge on any atom is -0.487 e. The van der Waals surface area contributed by atoms with E-state index in [0.29, 0.717) is 42.5 Å². The number of aromatic nitrogens is 2. The van der Waals surface area contributed by atoms with E-state index in [4.69, 9.17) is 19.4 Å². The Hall–Kier alpha value is -4.30. The molecule has 0 spiro atoms. The summed E-state index contributed by atoms with van der Waals surface area (Å²) in [4.78, 5) is 28.3. The van der Waals surface area contributed by atoms with Gasteiger partial charge in [-0.1, -0.05) is 24.8 Å². The highest BCUT2D eigenvalue weighted by Crippen LogP contribution is 2.58. The predicted molar refractivity (Wildman–Crippen MR) is 180 cm³/mol. The van der Waals surface area contributed by atoms with Crippen molar-refractivity contribution in [2.45, 2.75) is 81.1 Å². The summed E-state index contributed by atoms with van der Waals surface area (Å²) in [6.45, 7) is 5.60. The van der Waals surface area contributed by atoms with Gasteiger partial charge in [0.05, 0.1) is 30.2 Å². The first-order valence-electron chi connectivity index (χ1n) is 17.7. The molecule has 3 aliphatic carbocycles. The molecule has 11 heteroatoms. The normalized spacial score (nSPS) is 28.6. The lowest BCUT2D eigenvalue weighted by Gasteiger charge is -2.41. The first-order chi connectivity index (χ1) is 23.8. The molecule has 49 heavy (non-hydrogen) atoms. The Kier molecular flexibility index (Phi) is 7.31. The third kappa shape index (κ3) is 5.30. The maximum absolute atomic E-state index is 14.6. The van der Waals surface area contributed by atoms with Crippen molar-refractivity contribution in [3.8, 4) is 29.0 Å². The van der Waals surface area contributed by atoms with Crippen molar-refractivity contribution in [1.82, 2.24) is 19.8 Å². The summed E-state index contributed by atoms with van der Waals surface area (Å²) in [5, 5.41) is 10.4. The van der Waals surface area contributed by atoms with Crippen LogP contribution in [0.15, 0.2) is 42.7 Å². The number of rotatable bonds is 9. The van der Waals surface area contributed by atoms with Gasteiger partial charge in [0.25, 0.3) is 5.91 Å². The molecule has 3 saturated heterocycles. The fraction of sp³-hybridized carbons (Fsp3) is 0.526. The van der Waals surface area contributed by atoms with E-state index >= 15 is 0 Å². The summed E-state index contributed by atoms with van der Waals surface area (Å²) in [5.41, 5.74) is 5.29. The van der Waals surface area contributed by atoms with Gasteiger partial charge >= 0.3 is 6.01 Å². The van der Waals surface area contributed by atoms with Crippen LogP contribution in [0.2, 0.25) is 0 Å². The summed E-state index contributed by atoms with van der Waals surface area (Å²) in [6.07, 6.45) is 5.84. The first kappa shape index (κ1) is 30.7. The van der Waals surface area contributed by atoms with Crippen molar-refractivity contribution in [3.63, 3.8) is 0 Å². The maximum Gasteiger partial charge on any atom is 0.319 e. The fourth-order valence-corrected chi connectivity index (χ4v) is 9.07. The van der Waals surface area contributed by atoms with Gasteiger partial charge in [-0.25, -0.2) is 8.78 Å². The number of hydrogen-bond donors (Lipinski definition) is 0. The second kappa shape index (κ2) is 11.7. The first-order valence-corrected chi connectivity index (χ1v) is 17.7. The lowest BCUT2D eigenvalue weighted by atomic mass is 9.93. The second-order valence-electron chi connectivity index (χ2n) is 14.9. The van der Waals surface area contributed by atoms with Crippen LogP contribution in [0.25, 0.3) is 22.0 Å². The topological polar surface area (TPSA) is 94.8 Å². The SMILES string of the molecule is C=C(F)C(=O)N1CCN(c2nc(OC[C@@]34CCCN3C[C@H](F)C4)nc3c(OC4CC4)c(-c4cccc5c4CC4CC54)ccc23)C[C@@H]1CC#N. The highest BCUT2D eigenvalue weighted by molar-refractivity contribution is 5.99. The van der Waals surface area contributed by atoms with Gasteiger partial charge in [-0.15, -0.1) is 0 Å². The molecule has 254 valence electrons. The molecule has 5 atom stereocenters. The number of anilines is 1. The molecule has 1 amide bonds. The number of hydrogen-bond acceptors (Lipinski definition) is 8. The zero-order chi connectivity index (χ0) is 33.4. The Morgan fingerprint density at radius 3 is 2.82 bits per heavy atom. The van der Waals surface area contributed by atoms with Crippen LogP contribution < -0.4 is 14.4 Å². The third-order valence-corrected chi connectivity index (χ3v) is 11.7. The van der Waals surface area contributed by atoms with Crippen molar-refractivity contribution >= 4 is 22.6 Å². The van der Waals surface area contributed by atoms with E-state index < -0.39 is 23.9 Å². The van der Waals surface area contributed by atoms with Gasteiger partial charge in [-0.05, 0) is 85.7 Å². The number of amides is 1. The number of ether oxygens (including phenoxy) is 2. The van der Waals surface area contributed by atoms with Crippen LogP contribution in [0.4, 0.5) is 14.6 Å². The number of carbonyl (C=O) groups excluding carboxylic acids is 1. The molecule has 2 aromatic carbocycles. The van der Waals surface area contributed by atoms with E-state index in [9.17, 15) is 18.8 Å². The number of nitriles is 1. The van der Waals surface area contributed by atoms with Gasteiger partial charge in [-0.2, -0.15) is 15.2 Å². The Morgan fingerprint density at radius 1 is 1.12 bits per heavy atom. The number of benzene rings is 2. The number of piperazine rings is 1. The second-order valence-corrected chi connectivity index (χ2v) is 14.9. The van der Waals surface area contributed by atoms with Crippen molar-refractivity contribution in [2.24, 2.45) is 5.92 Å². The summed E-state index contributed by atoms with van der Waals surface area (Å²) in [7, 11) is 0. The van der Waals surface area contributed by atoms with Crippen molar-refractivity contribution in [1.29, 1.82) is 5.26 Å². The minimum atomic E-state index is -1.04. The van der Waals surface area contributed by atoms with Gasteiger partial charge in [-0.3, -0.25) is 9.69 Å². The number of alkyl halides is 1. The highest BCUT2D eigenvalue weighted by atomic mass is 19.1. The largest absolute Gasteiger partial charge is 0.487 e. The maximum atomic E-state index is 14.6. The number of nitrogens with zero attached hydrogens (tertiary/aromatic N) is 6. The molecule has 5 fully saturated rings. The van der Waals surface area contributed by atoms with Crippen LogP contribution in [0.3, 0.4) is 0 Å². The van der Waals surface area contributed by atoms with Crippen molar-refractivity contribution in [2.75, 3.05) is 44.2 Å². The molecule has 4 heterocycles. The third-order valence-electron chi connectivity index (χ3n) is 11.7. The molecule has 3 aromatic rings. The van der Waals surface area contributed by atoms with Gasteiger partial charge in [0.15, 0.2) is 11.6 Å². The van der Waals surface area contributed by atoms with Gasteiger partial charge in [0, 0.05) is 43.5 Å². The zero-order valence-corrected chi connectivity index (χ0v) is 27.5. The molecule has 0 bridgehead atoms. The molecule has 9 nitrogen and oxygen atoms in total. The zero-order valence-electron chi connectivity index (χ0n) is 27.5. The summed E-state index contributed by atoms with van der Waals surface area (Å²) in [5.74, 6) is 0.876. The van der Waals surface area contributed by atoms with E-state index in [0.717, 1.165) is 55.5 Å².